The Morgan fingerprint density at radius 1 is 0.622 bits per heavy atom. The van der Waals surface area contributed by atoms with E-state index in [0.717, 1.165) is 44.4 Å². The maximum atomic E-state index is 3.45. The van der Waals surface area contributed by atoms with Crippen molar-refractivity contribution in [1.82, 2.24) is 15.6 Å². The predicted octanol–water partition coefficient (Wildman–Crippen LogP) is 10.3. The SMILES string of the molecule is CC.CC.CC(C)C.CC(C)C.II.c1ccc2c(c1)CCNC2.c1ccc2c3c([nH]c2c1)CNCC3. The first kappa shape index (κ1) is 38.5. The van der Waals surface area contributed by atoms with Crippen molar-refractivity contribution in [2.45, 2.75) is 95.2 Å². The van der Waals surface area contributed by atoms with Gasteiger partial charge in [0.2, 0.25) is 0 Å². The number of hydrogen-bond donors (Lipinski definition) is 3. The maximum absolute atomic E-state index is 3.45. The smallest absolute Gasteiger partial charge is 0.0459 e. The Hall–Kier alpha value is -0.640. The fourth-order valence-electron chi connectivity index (χ4n) is 3.54. The molecule has 3 N–H and O–H groups in total. The van der Waals surface area contributed by atoms with Crippen molar-refractivity contribution in [3.05, 3.63) is 70.9 Å². The highest BCUT2D eigenvalue weighted by Crippen LogP contribution is 2.24. The molecule has 0 atom stereocenters. The molecule has 2 aliphatic heterocycles. The summed E-state index contributed by atoms with van der Waals surface area (Å²) in [5, 5.41) is 8.11. The predicted molar refractivity (Wildman–Crippen MR) is 187 cm³/mol. The summed E-state index contributed by atoms with van der Waals surface area (Å²) in [7, 11) is 0. The fourth-order valence-corrected chi connectivity index (χ4v) is 3.54. The van der Waals surface area contributed by atoms with E-state index in [2.05, 4.69) is 143 Å². The van der Waals surface area contributed by atoms with Gasteiger partial charge in [-0.2, -0.15) is 0 Å². The minimum absolute atomic E-state index is 0.833. The maximum Gasteiger partial charge on any atom is 0.0459 e. The average Bonchev–Trinajstić information content (AvgIpc) is 3.31. The molecule has 37 heavy (non-hydrogen) atoms. The van der Waals surface area contributed by atoms with Gasteiger partial charge in [-0.1, -0.05) is 112 Å². The molecule has 0 saturated carbocycles. The summed E-state index contributed by atoms with van der Waals surface area (Å²) in [4.78, 5) is 3.45. The van der Waals surface area contributed by atoms with Gasteiger partial charge in [-0.3, -0.25) is 0 Å². The molecule has 1 aromatic heterocycles. The van der Waals surface area contributed by atoms with Crippen molar-refractivity contribution < 1.29 is 0 Å². The molecule has 3 aromatic rings. The number of H-pyrrole nitrogens is 1. The van der Waals surface area contributed by atoms with Crippen LogP contribution in [0.4, 0.5) is 0 Å². The molecule has 5 heteroatoms. The summed E-state index contributed by atoms with van der Waals surface area (Å²) in [6.07, 6.45) is 2.34. The van der Waals surface area contributed by atoms with E-state index in [1.807, 2.05) is 27.7 Å². The largest absolute Gasteiger partial charge is 0.357 e. The quantitative estimate of drug-likeness (QED) is 0.201. The molecule has 3 heterocycles. The molecule has 0 radical (unpaired) electrons. The van der Waals surface area contributed by atoms with Gasteiger partial charge in [0, 0.05) is 66.9 Å². The molecule has 0 bridgehead atoms. The molecule has 2 aliphatic rings. The molecule has 5 rings (SSSR count). The van der Waals surface area contributed by atoms with Crippen LogP contribution in [0.1, 0.15) is 91.6 Å². The number of nitrogens with one attached hydrogen (secondary N) is 3. The molecule has 0 spiro atoms. The minimum Gasteiger partial charge on any atom is -0.357 e. The zero-order valence-electron chi connectivity index (χ0n) is 25.3. The van der Waals surface area contributed by atoms with Crippen LogP contribution in [0.15, 0.2) is 48.5 Å². The van der Waals surface area contributed by atoms with Crippen LogP contribution in [0.25, 0.3) is 10.9 Å². The summed E-state index contributed by atoms with van der Waals surface area (Å²) in [5.41, 5.74) is 7.13. The number of aromatic nitrogens is 1. The number of rotatable bonds is 0. The third-order valence-electron chi connectivity index (χ3n) is 4.76. The highest BCUT2D eigenvalue weighted by molar-refractivity contribution is 15.0. The van der Waals surface area contributed by atoms with Crippen LogP contribution >= 0.6 is 37.2 Å². The molecular weight excluding hydrogens is 680 g/mol. The zero-order valence-corrected chi connectivity index (χ0v) is 29.6. The van der Waals surface area contributed by atoms with E-state index in [0.29, 0.717) is 0 Å². The number of fused-ring (bicyclic) bond motifs is 4. The Bertz CT molecular complexity index is 867. The normalized spacial score (nSPS) is 12.5. The first-order valence-electron chi connectivity index (χ1n) is 14.1. The molecule has 0 unspecified atom stereocenters. The third kappa shape index (κ3) is 17.5. The van der Waals surface area contributed by atoms with Crippen molar-refractivity contribution >= 4 is 48.1 Å². The van der Waals surface area contributed by atoms with Crippen LogP contribution in [0.2, 0.25) is 0 Å². The monoisotopic (exact) mass is 735 g/mol. The number of halogens is 2. The molecule has 0 fully saturated rings. The van der Waals surface area contributed by atoms with Crippen molar-refractivity contribution in [2.24, 2.45) is 11.8 Å². The Morgan fingerprint density at radius 3 is 1.65 bits per heavy atom. The summed E-state index contributed by atoms with van der Waals surface area (Å²) in [6.45, 7) is 25.3. The van der Waals surface area contributed by atoms with E-state index < -0.39 is 0 Å². The van der Waals surface area contributed by atoms with Gasteiger partial charge in [0.05, 0.1) is 0 Å². The number of aromatic amines is 1. The van der Waals surface area contributed by atoms with E-state index in [-0.39, 0.29) is 0 Å². The van der Waals surface area contributed by atoms with E-state index >= 15 is 0 Å². The number of hydrogen-bond acceptors (Lipinski definition) is 2. The van der Waals surface area contributed by atoms with Crippen LogP contribution in [0, 0.1) is 11.8 Å². The van der Waals surface area contributed by atoms with Gasteiger partial charge < -0.3 is 15.6 Å². The average molecular weight is 736 g/mol. The van der Waals surface area contributed by atoms with Crippen molar-refractivity contribution in [1.29, 1.82) is 0 Å². The van der Waals surface area contributed by atoms with Gasteiger partial charge in [-0.25, -0.2) is 0 Å². The molecule has 212 valence electrons. The number of para-hydroxylation sites is 1. The van der Waals surface area contributed by atoms with Gasteiger partial charge >= 0.3 is 0 Å². The Balaban J connectivity index is 0. The lowest BCUT2D eigenvalue weighted by Crippen LogP contribution is -2.23. The molecule has 0 amide bonds. The summed E-state index contributed by atoms with van der Waals surface area (Å²) in [6, 6.07) is 17.2. The summed E-state index contributed by atoms with van der Waals surface area (Å²) < 4.78 is 0. The van der Waals surface area contributed by atoms with Crippen LogP contribution in [0.3, 0.4) is 0 Å². The van der Waals surface area contributed by atoms with Crippen LogP contribution < -0.4 is 10.6 Å². The molecule has 3 nitrogen and oxygen atoms in total. The van der Waals surface area contributed by atoms with Gasteiger partial charge in [0.15, 0.2) is 0 Å². The zero-order chi connectivity index (χ0) is 28.6. The lowest BCUT2D eigenvalue weighted by Gasteiger charge is -2.15. The Morgan fingerprint density at radius 2 is 1.08 bits per heavy atom. The highest BCUT2D eigenvalue weighted by atomic mass is 128. The van der Waals surface area contributed by atoms with Crippen molar-refractivity contribution in [3.8, 4) is 0 Å². The van der Waals surface area contributed by atoms with Crippen LogP contribution in [-0.4, -0.2) is 18.1 Å². The second-order valence-electron chi connectivity index (χ2n) is 9.71. The minimum atomic E-state index is 0.833. The van der Waals surface area contributed by atoms with Gasteiger partial charge in [-0.05, 0) is 60.5 Å². The third-order valence-corrected chi connectivity index (χ3v) is 4.76. The van der Waals surface area contributed by atoms with Crippen LogP contribution in [0.5, 0.6) is 0 Å². The van der Waals surface area contributed by atoms with Crippen LogP contribution in [-0.2, 0) is 25.9 Å². The lowest BCUT2D eigenvalue weighted by molar-refractivity contribution is 0.637. The topological polar surface area (TPSA) is 39.9 Å². The second kappa shape index (κ2) is 25.6. The van der Waals surface area contributed by atoms with E-state index in [4.69, 9.17) is 0 Å². The van der Waals surface area contributed by atoms with E-state index in [9.17, 15) is 0 Å². The Kier molecular flexibility index (Phi) is 26.7. The van der Waals surface area contributed by atoms with Gasteiger partial charge in [-0.15, -0.1) is 0 Å². The molecule has 0 saturated heterocycles. The Labute approximate surface area is 253 Å². The second-order valence-corrected chi connectivity index (χ2v) is 9.71. The highest BCUT2D eigenvalue weighted by Gasteiger charge is 2.13. The van der Waals surface area contributed by atoms with Gasteiger partial charge in [0.25, 0.3) is 0 Å². The summed E-state index contributed by atoms with van der Waals surface area (Å²) in [5.74, 6) is 1.67. The van der Waals surface area contributed by atoms with Gasteiger partial charge in [0.1, 0.15) is 0 Å². The standard InChI is InChI=1S/C11H12N2.C9H11N.2C4H10.2C2H6.I2/c1-2-4-10-8(3-1)9-5-6-12-7-11(9)13-10;1-2-4-9-7-10-6-5-8(9)3-1;2*1-4(2)3;3*1-2/h1-4,12-13H,5-7H2;1-4,10H,5-7H2;2*4H,1-3H3;2*1-2H3;. The first-order chi connectivity index (χ1) is 17.9. The molecule has 0 aliphatic carbocycles. The van der Waals surface area contributed by atoms with E-state index in [1.165, 1.54) is 39.7 Å². The van der Waals surface area contributed by atoms with E-state index in [1.54, 1.807) is 0 Å². The lowest BCUT2D eigenvalue weighted by atomic mass is 10.0. The molecule has 2 aromatic carbocycles. The number of benzene rings is 2. The summed E-state index contributed by atoms with van der Waals surface area (Å²) >= 11 is 4.24. The first-order valence-corrected chi connectivity index (χ1v) is 20.4. The molecular formula is C32H55I2N3. The fraction of sp³-hybridized carbons (Fsp3) is 0.562. The van der Waals surface area contributed by atoms with Crippen molar-refractivity contribution in [2.75, 3.05) is 13.1 Å². The van der Waals surface area contributed by atoms with Crippen molar-refractivity contribution in [3.63, 3.8) is 0 Å².